The molecule has 0 saturated heterocycles. The van der Waals surface area contributed by atoms with Crippen LogP contribution in [0.3, 0.4) is 0 Å². The summed E-state index contributed by atoms with van der Waals surface area (Å²) < 4.78 is 53.5. The molecule has 1 aliphatic heterocycles. The highest BCUT2D eigenvalue weighted by Gasteiger charge is 2.35. The van der Waals surface area contributed by atoms with Crippen LogP contribution in [-0.4, -0.2) is 24.0 Å². The van der Waals surface area contributed by atoms with E-state index >= 15 is 0 Å². The lowest BCUT2D eigenvalue weighted by molar-refractivity contribution is -0.274. The number of carbonyl (C=O) groups is 1. The van der Waals surface area contributed by atoms with Gasteiger partial charge in [0.25, 0.3) is 0 Å². The Labute approximate surface area is 158 Å². The van der Waals surface area contributed by atoms with Crippen LogP contribution in [0.4, 0.5) is 13.2 Å². The van der Waals surface area contributed by atoms with Crippen LogP contribution in [0, 0.1) is 0 Å². The Kier molecular flexibility index (Phi) is 4.56. The number of hydrogen-bond acceptors (Lipinski definition) is 4. The molecule has 2 atom stereocenters. The van der Waals surface area contributed by atoms with Gasteiger partial charge >= 0.3 is 12.3 Å². The zero-order valence-corrected chi connectivity index (χ0v) is 14.7. The van der Waals surface area contributed by atoms with E-state index in [1.54, 1.807) is 24.3 Å². The molecule has 0 amide bonds. The molecule has 0 spiro atoms. The third kappa shape index (κ3) is 3.72. The quantitative estimate of drug-likeness (QED) is 0.803. The molecular weight excluding hydrogens is 377 g/mol. The summed E-state index contributed by atoms with van der Waals surface area (Å²) in [5.74, 6) is -0.173. The van der Waals surface area contributed by atoms with E-state index in [2.05, 4.69) is 4.74 Å². The molecule has 1 heterocycles. The molecule has 28 heavy (non-hydrogen) atoms. The second-order valence-electron chi connectivity index (χ2n) is 6.82. The molecular formula is C20H17F3O5. The minimum atomic E-state index is -4.74. The molecule has 1 aliphatic carbocycles. The SMILES string of the molecule is O=C(O)CC1COc2cc(OC3CCc4c(OC(F)(F)F)cccc43)ccc21. The van der Waals surface area contributed by atoms with Crippen molar-refractivity contribution in [1.29, 1.82) is 0 Å². The molecule has 2 aliphatic rings. The van der Waals surface area contributed by atoms with Crippen molar-refractivity contribution in [3.8, 4) is 17.2 Å². The minimum Gasteiger partial charge on any atom is -0.492 e. The van der Waals surface area contributed by atoms with Gasteiger partial charge in [-0.05, 0) is 30.5 Å². The molecule has 2 aromatic rings. The summed E-state index contributed by atoms with van der Waals surface area (Å²) in [5, 5.41) is 8.97. The molecule has 0 radical (unpaired) electrons. The molecule has 1 N–H and O–H groups in total. The van der Waals surface area contributed by atoms with Gasteiger partial charge in [0.2, 0.25) is 0 Å². The second-order valence-corrected chi connectivity index (χ2v) is 6.82. The first kappa shape index (κ1) is 18.5. The van der Waals surface area contributed by atoms with E-state index in [4.69, 9.17) is 14.6 Å². The van der Waals surface area contributed by atoms with E-state index in [9.17, 15) is 18.0 Å². The van der Waals surface area contributed by atoms with Crippen molar-refractivity contribution >= 4 is 5.97 Å². The normalized spacial score (nSPS) is 20.2. The maximum atomic E-state index is 12.6. The summed E-state index contributed by atoms with van der Waals surface area (Å²) in [6, 6.07) is 9.78. The maximum absolute atomic E-state index is 12.6. The van der Waals surface area contributed by atoms with Gasteiger partial charge in [-0.2, -0.15) is 0 Å². The fraction of sp³-hybridized carbons (Fsp3) is 0.350. The van der Waals surface area contributed by atoms with Gasteiger partial charge < -0.3 is 19.3 Å². The van der Waals surface area contributed by atoms with Crippen LogP contribution in [0.5, 0.6) is 17.2 Å². The average molecular weight is 394 g/mol. The summed E-state index contributed by atoms with van der Waals surface area (Å²) >= 11 is 0. The number of rotatable bonds is 5. The largest absolute Gasteiger partial charge is 0.573 e. The van der Waals surface area contributed by atoms with Gasteiger partial charge in [0.15, 0.2) is 0 Å². The predicted octanol–water partition coefficient (Wildman–Crippen LogP) is 4.60. The van der Waals surface area contributed by atoms with Gasteiger partial charge in [0, 0.05) is 23.1 Å². The van der Waals surface area contributed by atoms with Crippen LogP contribution in [0.2, 0.25) is 0 Å². The third-order valence-corrected chi connectivity index (χ3v) is 4.96. The van der Waals surface area contributed by atoms with Gasteiger partial charge in [0.1, 0.15) is 23.4 Å². The van der Waals surface area contributed by atoms with Crippen molar-refractivity contribution in [3.63, 3.8) is 0 Å². The zero-order chi connectivity index (χ0) is 19.9. The first-order chi connectivity index (χ1) is 13.3. The van der Waals surface area contributed by atoms with E-state index in [-0.39, 0.29) is 24.2 Å². The van der Waals surface area contributed by atoms with E-state index in [0.29, 0.717) is 42.1 Å². The summed E-state index contributed by atoms with van der Waals surface area (Å²) in [5.41, 5.74) is 2.00. The molecule has 0 fully saturated rings. The fourth-order valence-electron chi connectivity index (χ4n) is 3.80. The van der Waals surface area contributed by atoms with Gasteiger partial charge in [0.05, 0.1) is 13.0 Å². The van der Waals surface area contributed by atoms with Crippen LogP contribution in [0.15, 0.2) is 36.4 Å². The van der Waals surface area contributed by atoms with Crippen LogP contribution >= 0.6 is 0 Å². The predicted molar refractivity (Wildman–Crippen MR) is 91.7 cm³/mol. The number of carboxylic acids is 1. The fourth-order valence-corrected chi connectivity index (χ4v) is 3.80. The lowest BCUT2D eigenvalue weighted by Gasteiger charge is -2.17. The number of fused-ring (bicyclic) bond motifs is 2. The summed E-state index contributed by atoms with van der Waals surface area (Å²) in [4.78, 5) is 10.9. The van der Waals surface area contributed by atoms with Gasteiger partial charge in [-0.3, -0.25) is 4.79 Å². The summed E-state index contributed by atoms with van der Waals surface area (Å²) in [7, 11) is 0. The first-order valence-corrected chi connectivity index (χ1v) is 8.83. The molecule has 0 saturated carbocycles. The van der Waals surface area contributed by atoms with Crippen molar-refractivity contribution in [2.75, 3.05) is 6.61 Å². The Morgan fingerprint density at radius 1 is 1.21 bits per heavy atom. The van der Waals surface area contributed by atoms with Crippen molar-refractivity contribution in [3.05, 3.63) is 53.1 Å². The number of halogens is 3. The topological polar surface area (TPSA) is 65.0 Å². The average Bonchev–Trinajstić information content (AvgIpc) is 3.18. The molecule has 2 aromatic carbocycles. The third-order valence-electron chi connectivity index (χ3n) is 4.96. The molecule has 2 unspecified atom stereocenters. The van der Waals surface area contributed by atoms with E-state index < -0.39 is 12.3 Å². The van der Waals surface area contributed by atoms with Crippen LogP contribution in [-0.2, 0) is 11.2 Å². The smallest absolute Gasteiger partial charge is 0.492 e. The van der Waals surface area contributed by atoms with E-state index in [1.165, 1.54) is 12.1 Å². The molecule has 0 aromatic heterocycles. The van der Waals surface area contributed by atoms with Crippen molar-refractivity contribution in [1.82, 2.24) is 0 Å². The van der Waals surface area contributed by atoms with E-state index in [0.717, 1.165) is 5.56 Å². The Morgan fingerprint density at radius 3 is 2.79 bits per heavy atom. The molecule has 4 rings (SSSR count). The van der Waals surface area contributed by atoms with Crippen molar-refractivity contribution < 1.29 is 37.3 Å². The highest BCUT2D eigenvalue weighted by molar-refractivity contribution is 5.68. The zero-order valence-electron chi connectivity index (χ0n) is 14.7. The van der Waals surface area contributed by atoms with Gasteiger partial charge in [-0.15, -0.1) is 13.2 Å². The monoisotopic (exact) mass is 394 g/mol. The number of alkyl halides is 3. The molecule has 8 heteroatoms. The maximum Gasteiger partial charge on any atom is 0.573 e. The highest BCUT2D eigenvalue weighted by atomic mass is 19.4. The Morgan fingerprint density at radius 2 is 2.04 bits per heavy atom. The standard InChI is InChI=1S/C20H17F3O5/c21-20(22,23)28-17-3-1-2-14-15(17)6-7-16(14)27-12-4-5-13-11(8-19(24)25)10-26-18(13)9-12/h1-5,9,11,16H,6-8,10H2,(H,24,25). The van der Waals surface area contributed by atoms with Gasteiger partial charge in [-0.1, -0.05) is 18.2 Å². The van der Waals surface area contributed by atoms with Crippen molar-refractivity contribution in [2.24, 2.45) is 0 Å². The van der Waals surface area contributed by atoms with Crippen molar-refractivity contribution in [2.45, 2.75) is 37.6 Å². The van der Waals surface area contributed by atoms with E-state index in [1.807, 2.05) is 0 Å². The van der Waals surface area contributed by atoms with Crippen LogP contribution in [0.1, 0.15) is 41.6 Å². The Bertz CT molecular complexity index is 909. The number of benzene rings is 2. The number of hydrogen-bond donors (Lipinski definition) is 1. The lowest BCUT2D eigenvalue weighted by atomic mass is 9.98. The van der Waals surface area contributed by atoms with Crippen LogP contribution in [0.25, 0.3) is 0 Å². The highest BCUT2D eigenvalue weighted by Crippen LogP contribution is 2.43. The molecule has 0 bridgehead atoms. The number of carboxylic acid groups (broad SMARTS) is 1. The Balaban J connectivity index is 1.52. The first-order valence-electron chi connectivity index (χ1n) is 8.83. The molecule has 5 nitrogen and oxygen atoms in total. The summed E-state index contributed by atoms with van der Waals surface area (Å²) in [6.07, 6.45) is -4.18. The molecule has 148 valence electrons. The Hall–Kier alpha value is -2.90. The lowest BCUT2D eigenvalue weighted by Crippen LogP contribution is -2.18. The number of aliphatic carboxylic acids is 1. The van der Waals surface area contributed by atoms with Gasteiger partial charge in [-0.25, -0.2) is 0 Å². The second kappa shape index (κ2) is 6.92. The van der Waals surface area contributed by atoms with Crippen LogP contribution < -0.4 is 14.2 Å². The minimum absolute atomic E-state index is 0.00874. The number of ether oxygens (including phenoxy) is 3. The summed E-state index contributed by atoms with van der Waals surface area (Å²) in [6.45, 7) is 0.301.